The fourth-order valence-corrected chi connectivity index (χ4v) is 5.02. The van der Waals surface area contributed by atoms with E-state index in [1.165, 1.54) is 18.2 Å². The molecule has 2 fully saturated rings. The fourth-order valence-electron chi connectivity index (χ4n) is 5.02. The number of nitrogens with one attached hydrogen (secondary N) is 1. The zero-order chi connectivity index (χ0) is 25.4. The highest BCUT2D eigenvalue weighted by Crippen LogP contribution is 2.33. The minimum Gasteiger partial charge on any atom is -0.394 e. The maximum Gasteiger partial charge on any atom is 0.167 e. The van der Waals surface area contributed by atoms with E-state index in [9.17, 15) is 15.3 Å². The van der Waals surface area contributed by atoms with Crippen LogP contribution in [0, 0.1) is 0 Å². The van der Waals surface area contributed by atoms with E-state index >= 15 is 0 Å². The van der Waals surface area contributed by atoms with Gasteiger partial charge in [-0.3, -0.25) is 4.57 Å². The number of imidazole rings is 1. The first-order valence-electron chi connectivity index (χ1n) is 12.5. The Morgan fingerprint density at radius 2 is 1.86 bits per heavy atom. The van der Waals surface area contributed by atoms with Gasteiger partial charge in [0.2, 0.25) is 0 Å². The summed E-state index contributed by atoms with van der Waals surface area (Å²) >= 11 is 0. The Morgan fingerprint density at radius 1 is 1.08 bits per heavy atom. The quantitative estimate of drug-likeness (QED) is 0.388. The summed E-state index contributed by atoms with van der Waals surface area (Å²) in [4.78, 5) is 13.2. The molecular weight excluding hydrogens is 462 g/mol. The highest BCUT2D eigenvalue weighted by atomic mass is 16.6. The van der Waals surface area contributed by atoms with Gasteiger partial charge in [0.1, 0.15) is 24.6 Å². The number of aliphatic hydroxyl groups excluding tert-OH is 3. The number of hydrogen-bond acceptors (Lipinski definition) is 9. The van der Waals surface area contributed by atoms with Crippen molar-refractivity contribution in [3.05, 3.63) is 48.0 Å². The molecular formula is C26H35N5O5. The molecule has 2 aromatic heterocycles. The van der Waals surface area contributed by atoms with Crippen LogP contribution in [0.2, 0.25) is 0 Å². The summed E-state index contributed by atoms with van der Waals surface area (Å²) in [6, 6.07) is 8.69. The van der Waals surface area contributed by atoms with Crippen molar-refractivity contribution in [1.82, 2.24) is 19.5 Å². The SMILES string of the molecule is CC(C)(C)c1ccc(CO[C@@H]2CCCC2Nc2ncnc3c2ncn3[C@@H]2O[C@H](CO)[C@@H](O)[C@H]2O)cc1. The monoisotopic (exact) mass is 497 g/mol. The number of benzene rings is 1. The Kier molecular flexibility index (Phi) is 6.97. The molecule has 2 aliphatic rings. The molecule has 0 amide bonds. The predicted molar refractivity (Wildman–Crippen MR) is 133 cm³/mol. The van der Waals surface area contributed by atoms with Gasteiger partial charge in [0.15, 0.2) is 23.2 Å². The molecule has 1 aromatic carbocycles. The third-order valence-corrected chi connectivity index (χ3v) is 7.21. The van der Waals surface area contributed by atoms with Gasteiger partial charge in [-0.25, -0.2) is 15.0 Å². The summed E-state index contributed by atoms with van der Waals surface area (Å²) in [5.74, 6) is 0.584. The molecule has 3 aromatic rings. The number of ether oxygens (including phenoxy) is 2. The third-order valence-electron chi connectivity index (χ3n) is 7.21. The lowest BCUT2D eigenvalue weighted by Crippen LogP contribution is -2.33. The Hall–Kier alpha value is -2.63. The number of aliphatic hydroxyl groups is 3. The number of nitrogens with zero attached hydrogens (tertiary/aromatic N) is 4. The normalized spacial score (nSPS) is 28.7. The molecule has 0 bridgehead atoms. The van der Waals surface area contributed by atoms with Gasteiger partial charge < -0.3 is 30.1 Å². The van der Waals surface area contributed by atoms with Crippen LogP contribution in [0.3, 0.4) is 0 Å². The van der Waals surface area contributed by atoms with E-state index < -0.39 is 31.1 Å². The lowest BCUT2D eigenvalue weighted by Gasteiger charge is -2.23. The summed E-state index contributed by atoms with van der Waals surface area (Å²) in [5.41, 5.74) is 3.58. The topological polar surface area (TPSA) is 135 Å². The second-order valence-electron chi connectivity index (χ2n) is 10.8. The van der Waals surface area contributed by atoms with Gasteiger partial charge in [-0.05, 0) is 35.8 Å². The number of aromatic nitrogens is 4. The van der Waals surface area contributed by atoms with Gasteiger partial charge in [-0.2, -0.15) is 0 Å². The van der Waals surface area contributed by atoms with Gasteiger partial charge in [0.25, 0.3) is 0 Å². The van der Waals surface area contributed by atoms with E-state index in [4.69, 9.17) is 9.47 Å². The van der Waals surface area contributed by atoms with Crippen molar-refractivity contribution in [2.75, 3.05) is 11.9 Å². The van der Waals surface area contributed by atoms with E-state index in [-0.39, 0.29) is 17.6 Å². The summed E-state index contributed by atoms with van der Waals surface area (Å²) in [5, 5.41) is 33.4. The molecule has 4 N–H and O–H groups in total. The molecule has 0 spiro atoms. The van der Waals surface area contributed by atoms with Crippen LogP contribution in [-0.2, 0) is 21.5 Å². The lowest BCUT2D eigenvalue weighted by atomic mass is 9.87. The molecule has 1 saturated carbocycles. The molecule has 36 heavy (non-hydrogen) atoms. The highest BCUT2D eigenvalue weighted by Gasteiger charge is 2.44. The number of fused-ring (bicyclic) bond motifs is 1. The van der Waals surface area contributed by atoms with Crippen LogP contribution in [0.5, 0.6) is 0 Å². The molecule has 6 atom stereocenters. The molecule has 1 unspecified atom stereocenters. The van der Waals surface area contributed by atoms with Crippen molar-refractivity contribution < 1.29 is 24.8 Å². The summed E-state index contributed by atoms with van der Waals surface area (Å²) in [6.07, 6.45) is 1.77. The van der Waals surface area contributed by atoms with Crippen molar-refractivity contribution in [2.45, 2.75) is 88.7 Å². The molecule has 1 aliphatic carbocycles. The van der Waals surface area contributed by atoms with E-state index in [0.717, 1.165) is 24.8 Å². The Morgan fingerprint density at radius 3 is 2.56 bits per heavy atom. The first kappa shape index (κ1) is 25.0. The van der Waals surface area contributed by atoms with Gasteiger partial charge >= 0.3 is 0 Å². The maximum atomic E-state index is 10.4. The van der Waals surface area contributed by atoms with Crippen molar-refractivity contribution in [2.24, 2.45) is 0 Å². The average molecular weight is 498 g/mol. The van der Waals surface area contributed by atoms with Crippen LogP contribution >= 0.6 is 0 Å². The first-order chi connectivity index (χ1) is 17.3. The summed E-state index contributed by atoms with van der Waals surface area (Å²) in [6.45, 7) is 6.77. The van der Waals surface area contributed by atoms with E-state index in [2.05, 4.69) is 65.3 Å². The average Bonchev–Trinajstić information content (AvgIpc) is 3.56. The van der Waals surface area contributed by atoms with Gasteiger partial charge in [-0.15, -0.1) is 0 Å². The number of rotatable bonds is 7. The second-order valence-corrected chi connectivity index (χ2v) is 10.8. The molecule has 3 heterocycles. The summed E-state index contributed by atoms with van der Waals surface area (Å²) < 4.78 is 13.5. The predicted octanol–water partition coefficient (Wildman–Crippen LogP) is 2.29. The molecule has 0 radical (unpaired) electrons. The molecule has 10 heteroatoms. The standard InChI is InChI=1S/C26H35N5O5/c1-26(2,3)16-9-7-15(8-10-16)12-35-18-6-4-5-17(18)30-23-20-24(28-13-27-23)31(14-29-20)25-22(34)21(33)19(11-32)36-25/h7-10,13-14,17-19,21-22,25,32-34H,4-6,11-12H2,1-3H3,(H,27,28,30)/t17?,18-,19-,21-,22-,25-/m1/s1. The minimum absolute atomic E-state index is 0.0415. The van der Waals surface area contributed by atoms with Crippen LogP contribution in [-0.4, -0.2) is 71.9 Å². The number of hydrogen-bond donors (Lipinski definition) is 4. The zero-order valence-electron chi connectivity index (χ0n) is 20.9. The second kappa shape index (κ2) is 10.0. The molecule has 1 aliphatic heterocycles. The highest BCUT2D eigenvalue weighted by molar-refractivity contribution is 5.82. The van der Waals surface area contributed by atoms with Crippen LogP contribution < -0.4 is 5.32 Å². The molecule has 1 saturated heterocycles. The largest absolute Gasteiger partial charge is 0.394 e. The maximum absolute atomic E-state index is 10.4. The lowest BCUT2D eigenvalue weighted by molar-refractivity contribution is -0.0511. The van der Waals surface area contributed by atoms with Crippen molar-refractivity contribution in [3.63, 3.8) is 0 Å². The van der Waals surface area contributed by atoms with Crippen LogP contribution in [0.4, 0.5) is 5.82 Å². The van der Waals surface area contributed by atoms with Crippen LogP contribution in [0.15, 0.2) is 36.9 Å². The zero-order valence-corrected chi connectivity index (χ0v) is 20.9. The Labute approximate surface area is 210 Å². The van der Waals surface area contributed by atoms with E-state index in [0.29, 0.717) is 23.6 Å². The smallest absolute Gasteiger partial charge is 0.167 e. The third kappa shape index (κ3) is 4.83. The van der Waals surface area contributed by atoms with Crippen LogP contribution in [0.1, 0.15) is 57.4 Å². The molecule has 10 nitrogen and oxygen atoms in total. The van der Waals surface area contributed by atoms with E-state index in [1.54, 1.807) is 4.57 Å². The fraction of sp³-hybridized carbons (Fsp3) is 0.577. The van der Waals surface area contributed by atoms with Crippen LogP contribution in [0.25, 0.3) is 11.2 Å². The molecule has 5 rings (SSSR count). The van der Waals surface area contributed by atoms with Crippen molar-refractivity contribution in [3.8, 4) is 0 Å². The first-order valence-corrected chi connectivity index (χ1v) is 12.5. The number of anilines is 1. The minimum atomic E-state index is -1.21. The van der Waals surface area contributed by atoms with Gasteiger partial charge in [0, 0.05) is 0 Å². The van der Waals surface area contributed by atoms with Crippen molar-refractivity contribution in [1.29, 1.82) is 0 Å². The Bertz CT molecular complexity index is 1180. The van der Waals surface area contributed by atoms with Crippen molar-refractivity contribution >= 4 is 17.0 Å². The van der Waals surface area contributed by atoms with Gasteiger partial charge in [-0.1, -0.05) is 45.0 Å². The van der Waals surface area contributed by atoms with E-state index in [1.807, 2.05) is 0 Å². The summed E-state index contributed by atoms with van der Waals surface area (Å²) in [7, 11) is 0. The van der Waals surface area contributed by atoms with Gasteiger partial charge in [0.05, 0.1) is 31.7 Å². The molecule has 194 valence electrons. The Balaban J connectivity index is 1.28.